The van der Waals surface area contributed by atoms with Crippen LogP contribution in [0.3, 0.4) is 0 Å². The van der Waals surface area contributed by atoms with Crippen LogP contribution in [0.2, 0.25) is 0 Å². The molecule has 132 valence electrons. The summed E-state index contributed by atoms with van der Waals surface area (Å²) in [5.41, 5.74) is 0.224. The zero-order valence-corrected chi connectivity index (χ0v) is 13.4. The van der Waals surface area contributed by atoms with Gasteiger partial charge in [0.1, 0.15) is 0 Å². The van der Waals surface area contributed by atoms with Gasteiger partial charge in [-0.3, -0.25) is 4.79 Å². The van der Waals surface area contributed by atoms with Gasteiger partial charge in [0.05, 0.1) is 18.8 Å². The van der Waals surface area contributed by atoms with Gasteiger partial charge >= 0.3 is 6.18 Å². The van der Waals surface area contributed by atoms with Crippen molar-refractivity contribution in [3.63, 3.8) is 0 Å². The Labute approximate surface area is 142 Å². The summed E-state index contributed by atoms with van der Waals surface area (Å²) in [6.07, 6.45) is -3.73. The molecule has 3 rings (SSSR count). The molecule has 0 aliphatic carbocycles. The minimum Gasteiger partial charge on any atom is -0.490 e. The molecule has 0 unspecified atom stereocenters. The highest BCUT2D eigenvalue weighted by Gasteiger charge is 2.30. The molecule has 0 fully saturated rings. The van der Waals surface area contributed by atoms with Crippen LogP contribution in [0, 0.1) is 6.92 Å². The molecular weight excluding hydrogens is 335 g/mol. The summed E-state index contributed by atoms with van der Waals surface area (Å²) in [5, 5.41) is 2.50. The van der Waals surface area contributed by atoms with Crippen molar-refractivity contribution in [3.8, 4) is 11.5 Å². The Morgan fingerprint density at radius 2 is 1.76 bits per heavy atom. The number of aryl methyl sites for hydroxylation is 1. The van der Waals surface area contributed by atoms with E-state index in [0.717, 1.165) is 18.6 Å². The van der Waals surface area contributed by atoms with Gasteiger partial charge in [0, 0.05) is 17.7 Å². The zero-order valence-electron chi connectivity index (χ0n) is 13.4. The third-order valence-electron chi connectivity index (χ3n) is 3.79. The van der Waals surface area contributed by atoms with Crippen LogP contribution >= 0.6 is 0 Å². The number of carbonyl (C=O) groups excluding carboxylic acids is 1. The first kappa shape index (κ1) is 17.1. The molecule has 1 heterocycles. The summed E-state index contributed by atoms with van der Waals surface area (Å²) in [6.45, 7) is 2.74. The van der Waals surface area contributed by atoms with Crippen molar-refractivity contribution in [1.29, 1.82) is 0 Å². The van der Waals surface area contributed by atoms with E-state index in [1.807, 2.05) is 0 Å². The van der Waals surface area contributed by atoms with Crippen LogP contribution in [0.1, 0.15) is 27.9 Å². The minimum atomic E-state index is -4.47. The summed E-state index contributed by atoms with van der Waals surface area (Å²) < 4.78 is 49.4. The summed E-state index contributed by atoms with van der Waals surface area (Å²) in [7, 11) is 0. The maximum absolute atomic E-state index is 12.8. The van der Waals surface area contributed by atoms with Crippen LogP contribution in [0.5, 0.6) is 11.5 Å². The van der Waals surface area contributed by atoms with Crippen LogP contribution in [-0.2, 0) is 6.18 Å². The van der Waals surface area contributed by atoms with Gasteiger partial charge in [-0.25, -0.2) is 0 Å². The smallest absolute Gasteiger partial charge is 0.416 e. The average Bonchev–Trinajstić information content (AvgIpc) is 2.78. The predicted molar refractivity (Wildman–Crippen MR) is 86.2 cm³/mol. The number of fused-ring (bicyclic) bond motifs is 1. The molecular formula is C18H16F3NO3. The quantitative estimate of drug-likeness (QED) is 0.871. The van der Waals surface area contributed by atoms with Gasteiger partial charge < -0.3 is 14.8 Å². The molecule has 0 atom stereocenters. The molecule has 4 nitrogen and oxygen atoms in total. The Balaban J connectivity index is 1.85. The molecule has 7 heteroatoms. The third-order valence-corrected chi connectivity index (χ3v) is 3.79. The number of alkyl halides is 3. The minimum absolute atomic E-state index is 0.0753. The van der Waals surface area contributed by atoms with Gasteiger partial charge in [-0.1, -0.05) is 6.07 Å². The molecule has 2 aromatic rings. The molecule has 0 aromatic heterocycles. The van der Waals surface area contributed by atoms with Crippen molar-refractivity contribution >= 4 is 11.6 Å². The number of nitrogens with one attached hydrogen (secondary N) is 1. The fourth-order valence-electron chi connectivity index (χ4n) is 2.53. The first-order valence-electron chi connectivity index (χ1n) is 7.73. The van der Waals surface area contributed by atoms with Crippen molar-refractivity contribution < 1.29 is 27.4 Å². The maximum Gasteiger partial charge on any atom is 0.416 e. The van der Waals surface area contributed by atoms with Crippen molar-refractivity contribution in [1.82, 2.24) is 0 Å². The predicted octanol–water partition coefficient (Wildman–Crippen LogP) is 4.43. The van der Waals surface area contributed by atoms with Gasteiger partial charge in [0.25, 0.3) is 5.91 Å². The highest BCUT2D eigenvalue weighted by molar-refractivity contribution is 6.05. The number of benzene rings is 2. The van der Waals surface area contributed by atoms with Gasteiger partial charge in [-0.05, 0) is 42.8 Å². The standard InChI is InChI=1S/C18H16F3NO3/c1-11-8-15-16(25-7-3-6-24-15)10-14(11)17(23)22-13-5-2-4-12(9-13)18(19,20)21/h2,4-5,8-10H,3,6-7H2,1H3,(H,22,23). The van der Waals surface area contributed by atoms with Crippen LogP contribution in [0.4, 0.5) is 18.9 Å². The molecule has 1 aliphatic heterocycles. The Bertz CT molecular complexity index is 803. The highest BCUT2D eigenvalue weighted by Crippen LogP contribution is 2.34. The van der Waals surface area contributed by atoms with Crippen molar-refractivity contribution in [2.24, 2.45) is 0 Å². The second-order valence-corrected chi connectivity index (χ2v) is 5.70. The van der Waals surface area contributed by atoms with E-state index in [2.05, 4.69) is 5.32 Å². The lowest BCUT2D eigenvalue weighted by Gasteiger charge is -2.13. The molecule has 0 spiro atoms. The molecule has 1 aliphatic rings. The molecule has 0 bridgehead atoms. The first-order valence-corrected chi connectivity index (χ1v) is 7.73. The Morgan fingerprint density at radius 1 is 1.08 bits per heavy atom. The molecule has 0 radical (unpaired) electrons. The van der Waals surface area contributed by atoms with Crippen LogP contribution in [0.15, 0.2) is 36.4 Å². The average molecular weight is 351 g/mol. The molecule has 1 amide bonds. The lowest BCUT2D eigenvalue weighted by Crippen LogP contribution is -2.14. The monoisotopic (exact) mass is 351 g/mol. The Kier molecular flexibility index (Phi) is 4.57. The van der Waals surface area contributed by atoms with Crippen molar-refractivity contribution in [2.45, 2.75) is 19.5 Å². The topological polar surface area (TPSA) is 47.6 Å². The molecule has 2 aromatic carbocycles. The Hall–Kier alpha value is -2.70. The molecule has 0 saturated heterocycles. The maximum atomic E-state index is 12.8. The first-order chi connectivity index (χ1) is 11.8. The number of hydrogen-bond acceptors (Lipinski definition) is 3. The van der Waals surface area contributed by atoms with E-state index in [-0.39, 0.29) is 5.69 Å². The SMILES string of the molecule is Cc1cc2c(cc1C(=O)Nc1cccc(C(F)(F)F)c1)OCCCO2. The Morgan fingerprint density at radius 3 is 2.44 bits per heavy atom. The lowest BCUT2D eigenvalue weighted by molar-refractivity contribution is -0.137. The van der Waals surface area contributed by atoms with Gasteiger partial charge in [0.15, 0.2) is 11.5 Å². The number of anilines is 1. The lowest BCUT2D eigenvalue weighted by atomic mass is 10.1. The summed E-state index contributed by atoms with van der Waals surface area (Å²) in [4.78, 5) is 12.5. The van der Waals surface area contributed by atoms with Gasteiger partial charge in [0.2, 0.25) is 0 Å². The number of carbonyl (C=O) groups is 1. The second kappa shape index (κ2) is 6.66. The number of rotatable bonds is 2. The highest BCUT2D eigenvalue weighted by atomic mass is 19.4. The fourth-order valence-corrected chi connectivity index (χ4v) is 2.53. The number of amides is 1. The van der Waals surface area contributed by atoms with E-state index in [1.54, 1.807) is 19.1 Å². The summed E-state index contributed by atoms with van der Waals surface area (Å²) >= 11 is 0. The van der Waals surface area contributed by atoms with Crippen molar-refractivity contribution in [3.05, 3.63) is 53.1 Å². The van der Waals surface area contributed by atoms with E-state index in [1.165, 1.54) is 12.1 Å². The van der Waals surface area contributed by atoms with E-state index in [0.29, 0.717) is 35.8 Å². The normalized spacial score (nSPS) is 13.9. The summed E-state index contributed by atoms with van der Waals surface area (Å²) in [5.74, 6) is 0.510. The zero-order chi connectivity index (χ0) is 18.0. The van der Waals surface area contributed by atoms with E-state index in [9.17, 15) is 18.0 Å². The van der Waals surface area contributed by atoms with E-state index in [4.69, 9.17) is 9.47 Å². The van der Waals surface area contributed by atoms with Gasteiger partial charge in [-0.15, -0.1) is 0 Å². The third kappa shape index (κ3) is 3.87. The van der Waals surface area contributed by atoms with Crippen molar-refractivity contribution in [2.75, 3.05) is 18.5 Å². The van der Waals surface area contributed by atoms with E-state index >= 15 is 0 Å². The van der Waals surface area contributed by atoms with Crippen LogP contribution in [0.25, 0.3) is 0 Å². The van der Waals surface area contributed by atoms with Crippen LogP contribution < -0.4 is 14.8 Å². The number of ether oxygens (including phenoxy) is 2. The summed E-state index contributed by atoms with van der Waals surface area (Å²) in [6, 6.07) is 7.76. The van der Waals surface area contributed by atoms with E-state index < -0.39 is 17.6 Å². The number of halogens is 3. The molecule has 1 N–H and O–H groups in total. The van der Waals surface area contributed by atoms with Gasteiger partial charge in [-0.2, -0.15) is 13.2 Å². The second-order valence-electron chi connectivity index (χ2n) is 5.70. The fraction of sp³-hybridized carbons (Fsp3) is 0.278. The number of hydrogen-bond donors (Lipinski definition) is 1. The molecule has 25 heavy (non-hydrogen) atoms. The van der Waals surface area contributed by atoms with Crippen LogP contribution in [-0.4, -0.2) is 19.1 Å². The molecule has 0 saturated carbocycles. The largest absolute Gasteiger partial charge is 0.490 e.